The minimum atomic E-state index is -0.314. The van der Waals surface area contributed by atoms with Crippen LogP contribution < -0.4 is 10.6 Å². The Morgan fingerprint density at radius 1 is 1.04 bits per heavy atom. The van der Waals surface area contributed by atoms with E-state index < -0.39 is 0 Å². The Morgan fingerprint density at radius 2 is 1.69 bits per heavy atom. The fraction of sp³-hybridized carbons (Fsp3) is 0.381. The highest BCUT2D eigenvalue weighted by Gasteiger charge is 2.14. The molecule has 0 saturated heterocycles. The number of aromatic nitrogens is 1. The highest BCUT2D eigenvalue weighted by atomic mass is 16.2. The molecule has 2 rings (SSSR count). The molecule has 5 nitrogen and oxygen atoms in total. The average molecular weight is 353 g/mol. The van der Waals surface area contributed by atoms with Crippen molar-refractivity contribution >= 4 is 17.5 Å². The molecule has 0 spiro atoms. The molecule has 0 radical (unpaired) electrons. The molecule has 0 saturated carbocycles. The maximum Gasteiger partial charge on any atom is 0.274 e. The normalized spacial score (nSPS) is 10.7. The summed E-state index contributed by atoms with van der Waals surface area (Å²) in [6.07, 6.45) is 1.72. The summed E-state index contributed by atoms with van der Waals surface area (Å²) in [6.45, 7) is 8.81. The predicted molar refractivity (Wildman–Crippen MR) is 105 cm³/mol. The summed E-state index contributed by atoms with van der Waals surface area (Å²) in [5, 5.41) is 5.78. The molecule has 0 bridgehead atoms. The first-order valence-corrected chi connectivity index (χ1v) is 9.07. The molecule has 0 fully saturated rings. The maximum atomic E-state index is 12.6. The largest absolute Gasteiger partial charge is 0.351 e. The number of pyridine rings is 1. The average Bonchev–Trinajstić information content (AvgIpc) is 2.63. The van der Waals surface area contributed by atoms with Crippen LogP contribution in [-0.2, 0) is 6.42 Å². The zero-order chi connectivity index (χ0) is 19.1. The number of para-hydroxylation sites is 1. The van der Waals surface area contributed by atoms with Crippen LogP contribution in [0.25, 0.3) is 0 Å². The number of amides is 2. The summed E-state index contributed by atoms with van der Waals surface area (Å²) in [4.78, 5) is 29.0. The smallest absolute Gasteiger partial charge is 0.274 e. The van der Waals surface area contributed by atoms with Crippen LogP contribution in [0.15, 0.2) is 36.4 Å². The molecule has 26 heavy (non-hydrogen) atoms. The molecule has 5 heteroatoms. The van der Waals surface area contributed by atoms with Gasteiger partial charge in [-0.2, -0.15) is 0 Å². The second-order valence-electron chi connectivity index (χ2n) is 6.76. The van der Waals surface area contributed by atoms with Gasteiger partial charge in [0.25, 0.3) is 11.8 Å². The van der Waals surface area contributed by atoms with Crippen molar-refractivity contribution in [3.63, 3.8) is 0 Å². The third kappa shape index (κ3) is 5.15. The third-order valence-electron chi connectivity index (χ3n) is 4.20. The summed E-state index contributed by atoms with van der Waals surface area (Å²) in [6, 6.07) is 10.8. The third-order valence-corrected chi connectivity index (χ3v) is 4.20. The Labute approximate surface area is 155 Å². The lowest BCUT2D eigenvalue weighted by Crippen LogP contribution is -2.27. The van der Waals surface area contributed by atoms with Crippen molar-refractivity contribution in [2.24, 2.45) is 5.92 Å². The van der Waals surface area contributed by atoms with Crippen LogP contribution in [0.1, 0.15) is 59.3 Å². The molecule has 2 N–H and O–H groups in total. The van der Waals surface area contributed by atoms with E-state index in [-0.39, 0.29) is 23.2 Å². The SMILES string of the molecule is CCc1cccc(C)c1NC(=O)c1cccc(C(=O)NCCC(C)C)n1. The fourth-order valence-corrected chi connectivity index (χ4v) is 2.63. The minimum absolute atomic E-state index is 0.229. The Kier molecular flexibility index (Phi) is 6.89. The van der Waals surface area contributed by atoms with Gasteiger partial charge in [0.1, 0.15) is 11.4 Å². The van der Waals surface area contributed by atoms with Crippen LogP contribution in [0, 0.1) is 12.8 Å². The molecule has 0 unspecified atom stereocenters. The van der Waals surface area contributed by atoms with E-state index in [1.54, 1.807) is 18.2 Å². The summed E-state index contributed by atoms with van der Waals surface area (Å²) in [5.41, 5.74) is 3.36. The Bertz CT molecular complexity index is 785. The van der Waals surface area contributed by atoms with Crippen molar-refractivity contribution < 1.29 is 9.59 Å². The van der Waals surface area contributed by atoms with Gasteiger partial charge in [-0.25, -0.2) is 4.98 Å². The Balaban J connectivity index is 2.12. The topological polar surface area (TPSA) is 71.1 Å². The molecule has 1 aromatic heterocycles. The van der Waals surface area contributed by atoms with E-state index in [4.69, 9.17) is 0 Å². The lowest BCUT2D eigenvalue weighted by atomic mass is 10.1. The number of carbonyl (C=O) groups is 2. The monoisotopic (exact) mass is 353 g/mol. The Hall–Kier alpha value is -2.69. The lowest BCUT2D eigenvalue weighted by Gasteiger charge is -2.13. The number of anilines is 1. The van der Waals surface area contributed by atoms with Gasteiger partial charge in [-0.3, -0.25) is 9.59 Å². The highest BCUT2D eigenvalue weighted by Crippen LogP contribution is 2.21. The molecule has 0 aliphatic heterocycles. The van der Waals surface area contributed by atoms with Gasteiger partial charge >= 0.3 is 0 Å². The van der Waals surface area contributed by atoms with Crippen LogP contribution in [0.3, 0.4) is 0 Å². The maximum absolute atomic E-state index is 12.6. The zero-order valence-electron chi connectivity index (χ0n) is 15.9. The fourth-order valence-electron chi connectivity index (χ4n) is 2.63. The van der Waals surface area contributed by atoms with Crippen molar-refractivity contribution in [2.45, 2.75) is 40.5 Å². The van der Waals surface area contributed by atoms with Crippen molar-refractivity contribution in [1.29, 1.82) is 0 Å². The molecule has 1 aromatic carbocycles. The first-order chi connectivity index (χ1) is 12.4. The van der Waals surface area contributed by atoms with Crippen molar-refractivity contribution in [3.8, 4) is 0 Å². The van der Waals surface area contributed by atoms with Crippen LogP contribution >= 0.6 is 0 Å². The highest BCUT2D eigenvalue weighted by molar-refractivity contribution is 6.04. The van der Waals surface area contributed by atoms with E-state index in [1.807, 2.05) is 32.0 Å². The summed E-state index contributed by atoms with van der Waals surface area (Å²) in [7, 11) is 0. The van der Waals surface area contributed by atoms with E-state index >= 15 is 0 Å². The van der Waals surface area contributed by atoms with Gasteiger partial charge in [-0.1, -0.05) is 45.0 Å². The molecule has 2 aromatic rings. The van der Waals surface area contributed by atoms with E-state index in [2.05, 4.69) is 29.5 Å². The predicted octanol–water partition coefficient (Wildman–Crippen LogP) is 3.98. The van der Waals surface area contributed by atoms with Gasteiger partial charge in [0.05, 0.1) is 0 Å². The number of hydrogen-bond donors (Lipinski definition) is 2. The van der Waals surface area contributed by atoms with Crippen molar-refractivity contribution in [1.82, 2.24) is 10.3 Å². The van der Waals surface area contributed by atoms with Crippen LogP contribution in [0.5, 0.6) is 0 Å². The first-order valence-electron chi connectivity index (χ1n) is 9.07. The zero-order valence-corrected chi connectivity index (χ0v) is 15.9. The van der Waals surface area contributed by atoms with Gasteiger partial charge in [-0.15, -0.1) is 0 Å². The molecular weight excluding hydrogens is 326 g/mol. The summed E-state index contributed by atoms with van der Waals surface area (Å²) in [5.74, 6) is -0.0569. The number of rotatable bonds is 7. The molecule has 0 aliphatic carbocycles. The molecule has 0 atom stereocenters. The van der Waals surface area contributed by atoms with Crippen LogP contribution in [0.4, 0.5) is 5.69 Å². The molecular formula is C21H27N3O2. The van der Waals surface area contributed by atoms with E-state index in [0.717, 1.165) is 29.7 Å². The number of aryl methyl sites for hydroxylation is 2. The second kappa shape index (κ2) is 9.13. The summed E-state index contributed by atoms with van der Waals surface area (Å²) < 4.78 is 0. The van der Waals surface area contributed by atoms with E-state index in [1.165, 1.54) is 0 Å². The van der Waals surface area contributed by atoms with Gasteiger partial charge in [0, 0.05) is 12.2 Å². The van der Waals surface area contributed by atoms with E-state index in [9.17, 15) is 9.59 Å². The standard InChI is InChI=1S/C21H27N3O2/c1-5-16-9-6-8-15(4)19(16)24-21(26)18-11-7-10-17(23-18)20(25)22-13-12-14(2)3/h6-11,14H,5,12-13H2,1-4H3,(H,22,25)(H,24,26). The second-order valence-corrected chi connectivity index (χ2v) is 6.76. The molecule has 0 aliphatic rings. The molecule has 1 heterocycles. The quantitative estimate of drug-likeness (QED) is 0.791. The van der Waals surface area contributed by atoms with Gasteiger partial charge in [0.2, 0.25) is 0 Å². The molecule has 138 valence electrons. The number of nitrogens with zero attached hydrogens (tertiary/aromatic N) is 1. The van der Waals surface area contributed by atoms with E-state index in [0.29, 0.717) is 12.5 Å². The number of carbonyl (C=O) groups excluding carboxylic acids is 2. The van der Waals surface area contributed by atoms with Crippen LogP contribution in [-0.4, -0.2) is 23.3 Å². The lowest BCUT2D eigenvalue weighted by molar-refractivity contribution is 0.0947. The number of benzene rings is 1. The van der Waals surface area contributed by atoms with Gasteiger partial charge < -0.3 is 10.6 Å². The number of hydrogen-bond acceptors (Lipinski definition) is 3. The van der Waals surface area contributed by atoms with Crippen molar-refractivity contribution in [2.75, 3.05) is 11.9 Å². The van der Waals surface area contributed by atoms with Crippen molar-refractivity contribution in [3.05, 3.63) is 58.9 Å². The van der Waals surface area contributed by atoms with Gasteiger partial charge in [0.15, 0.2) is 0 Å². The summed E-state index contributed by atoms with van der Waals surface area (Å²) >= 11 is 0. The van der Waals surface area contributed by atoms with Gasteiger partial charge in [-0.05, 0) is 48.9 Å². The Morgan fingerprint density at radius 3 is 2.35 bits per heavy atom. The van der Waals surface area contributed by atoms with Crippen LogP contribution in [0.2, 0.25) is 0 Å². The number of nitrogens with one attached hydrogen (secondary N) is 2. The molecule has 2 amide bonds. The first kappa shape index (κ1) is 19.6. The minimum Gasteiger partial charge on any atom is -0.351 e.